The van der Waals surface area contributed by atoms with Gasteiger partial charge in [-0.15, -0.1) is 0 Å². The van der Waals surface area contributed by atoms with Crippen molar-refractivity contribution in [1.29, 1.82) is 0 Å². The minimum atomic E-state index is -0.893. The van der Waals surface area contributed by atoms with Crippen LogP contribution < -0.4 is 5.32 Å². The third-order valence-electron chi connectivity index (χ3n) is 3.68. The first-order valence-corrected chi connectivity index (χ1v) is 7.26. The van der Waals surface area contributed by atoms with Crippen molar-refractivity contribution < 1.29 is 14.7 Å². The van der Waals surface area contributed by atoms with Crippen molar-refractivity contribution in [2.24, 2.45) is 5.92 Å². The number of nitrogens with zero attached hydrogens (tertiary/aromatic N) is 1. The molecule has 5 nitrogen and oxygen atoms in total. The molecule has 0 radical (unpaired) electrons. The number of aryl methyl sites for hydroxylation is 2. The average Bonchev–Trinajstić information content (AvgIpc) is 3.17. The quantitative estimate of drug-likeness (QED) is 0.806. The van der Waals surface area contributed by atoms with E-state index >= 15 is 0 Å². The van der Waals surface area contributed by atoms with E-state index in [0.29, 0.717) is 12.5 Å². The van der Waals surface area contributed by atoms with Crippen LogP contribution >= 0.6 is 0 Å². The zero-order chi connectivity index (χ0) is 15.4. The summed E-state index contributed by atoms with van der Waals surface area (Å²) in [5.74, 6) is -0.498. The van der Waals surface area contributed by atoms with E-state index in [2.05, 4.69) is 5.32 Å². The smallest absolute Gasteiger partial charge is 0.317 e. The van der Waals surface area contributed by atoms with Crippen molar-refractivity contribution in [3.05, 3.63) is 29.3 Å². The molecule has 2 N–H and O–H groups in total. The van der Waals surface area contributed by atoms with E-state index in [1.54, 1.807) is 4.90 Å². The van der Waals surface area contributed by atoms with Gasteiger partial charge in [0.25, 0.3) is 0 Å². The van der Waals surface area contributed by atoms with Gasteiger partial charge in [-0.2, -0.15) is 0 Å². The fourth-order valence-corrected chi connectivity index (χ4v) is 2.44. The van der Waals surface area contributed by atoms with Crippen LogP contribution in [0.2, 0.25) is 0 Å². The molecule has 0 spiro atoms. The first-order valence-electron chi connectivity index (χ1n) is 7.26. The molecule has 0 heterocycles. The molecule has 1 saturated carbocycles. The standard InChI is InChI=1S/C16H22N2O3/c1-11-4-3-5-12(2)16(11)17-14(19)9-18(10-15(20)21)8-13-6-7-13/h3-5,13H,6-10H2,1-2H3,(H,17,19)(H,20,21). The Hall–Kier alpha value is -1.88. The second-order valence-electron chi connectivity index (χ2n) is 5.82. The summed E-state index contributed by atoms with van der Waals surface area (Å²) in [4.78, 5) is 24.8. The number of anilines is 1. The van der Waals surface area contributed by atoms with Crippen LogP contribution in [0, 0.1) is 19.8 Å². The topological polar surface area (TPSA) is 69.6 Å². The van der Waals surface area contributed by atoms with Crippen LogP contribution in [0.1, 0.15) is 24.0 Å². The summed E-state index contributed by atoms with van der Waals surface area (Å²) in [7, 11) is 0. The molecule has 1 aromatic rings. The van der Waals surface area contributed by atoms with Gasteiger partial charge in [0.2, 0.25) is 5.91 Å². The van der Waals surface area contributed by atoms with E-state index in [1.807, 2.05) is 32.0 Å². The lowest BCUT2D eigenvalue weighted by Gasteiger charge is -2.20. The van der Waals surface area contributed by atoms with Gasteiger partial charge in [0.1, 0.15) is 0 Å². The van der Waals surface area contributed by atoms with Gasteiger partial charge in [-0.05, 0) is 43.7 Å². The zero-order valence-electron chi connectivity index (χ0n) is 12.6. The lowest BCUT2D eigenvalue weighted by atomic mass is 10.1. The molecule has 0 aliphatic heterocycles. The van der Waals surface area contributed by atoms with Gasteiger partial charge < -0.3 is 10.4 Å². The van der Waals surface area contributed by atoms with E-state index in [-0.39, 0.29) is 19.0 Å². The number of nitrogens with one attached hydrogen (secondary N) is 1. The number of aliphatic carboxylic acids is 1. The highest BCUT2D eigenvalue weighted by molar-refractivity contribution is 5.94. The van der Waals surface area contributed by atoms with Gasteiger partial charge in [-0.25, -0.2) is 0 Å². The summed E-state index contributed by atoms with van der Waals surface area (Å²) in [6, 6.07) is 5.84. The first kappa shape index (κ1) is 15.5. The number of carboxylic acids is 1. The molecule has 1 fully saturated rings. The van der Waals surface area contributed by atoms with E-state index in [0.717, 1.165) is 29.7 Å². The van der Waals surface area contributed by atoms with Gasteiger partial charge in [0, 0.05) is 12.2 Å². The van der Waals surface area contributed by atoms with Gasteiger partial charge in [0.15, 0.2) is 0 Å². The van der Waals surface area contributed by atoms with Crippen LogP contribution in [0.5, 0.6) is 0 Å². The summed E-state index contributed by atoms with van der Waals surface area (Å²) in [5.41, 5.74) is 2.84. The fourth-order valence-electron chi connectivity index (χ4n) is 2.44. The van der Waals surface area contributed by atoms with E-state index in [9.17, 15) is 9.59 Å². The fraction of sp³-hybridized carbons (Fsp3) is 0.500. The Bertz CT molecular complexity index is 518. The molecule has 0 unspecified atom stereocenters. The molecule has 2 rings (SSSR count). The summed E-state index contributed by atoms with van der Waals surface area (Å²) in [5, 5.41) is 11.8. The highest BCUT2D eigenvalue weighted by atomic mass is 16.4. The monoisotopic (exact) mass is 290 g/mol. The maximum absolute atomic E-state index is 12.2. The maximum Gasteiger partial charge on any atom is 0.317 e. The Morgan fingerprint density at radius 2 is 1.86 bits per heavy atom. The predicted molar refractivity (Wildman–Crippen MR) is 81.3 cm³/mol. The SMILES string of the molecule is Cc1cccc(C)c1NC(=O)CN(CC(=O)O)CC1CC1. The number of carbonyl (C=O) groups excluding carboxylic acids is 1. The second kappa shape index (κ2) is 6.72. The molecule has 0 atom stereocenters. The maximum atomic E-state index is 12.2. The van der Waals surface area contributed by atoms with Crippen molar-refractivity contribution in [1.82, 2.24) is 4.90 Å². The number of benzene rings is 1. The highest BCUT2D eigenvalue weighted by Crippen LogP contribution is 2.29. The third-order valence-corrected chi connectivity index (χ3v) is 3.68. The molecule has 114 valence electrons. The Labute approximate surface area is 125 Å². The first-order chi connectivity index (χ1) is 9.95. The Balaban J connectivity index is 1.96. The van der Waals surface area contributed by atoms with Gasteiger partial charge in [-0.3, -0.25) is 14.5 Å². The number of hydrogen-bond acceptors (Lipinski definition) is 3. The van der Waals surface area contributed by atoms with Crippen molar-refractivity contribution in [3.63, 3.8) is 0 Å². The van der Waals surface area contributed by atoms with E-state index in [1.165, 1.54) is 0 Å². The van der Waals surface area contributed by atoms with Crippen LogP contribution in [0.15, 0.2) is 18.2 Å². The minimum Gasteiger partial charge on any atom is -0.480 e. The van der Waals surface area contributed by atoms with Crippen LogP contribution in [-0.2, 0) is 9.59 Å². The lowest BCUT2D eigenvalue weighted by Crippen LogP contribution is -2.38. The van der Waals surface area contributed by atoms with E-state index in [4.69, 9.17) is 5.11 Å². The van der Waals surface area contributed by atoms with Crippen molar-refractivity contribution in [2.45, 2.75) is 26.7 Å². The number of rotatable bonds is 7. The average molecular weight is 290 g/mol. The molecule has 1 amide bonds. The molecular formula is C16H22N2O3. The number of amides is 1. The molecule has 1 aromatic carbocycles. The zero-order valence-corrected chi connectivity index (χ0v) is 12.6. The summed E-state index contributed by atoms with van der Waals surface area (Å²) in [6.45, 7) is 4.61. The predicted octanol–water partition coefficient (Wildman–Crippen LogP) is 2.04. The highest BCUT2D eigenvalue weighted by Gasteiger charge is 2.26. The molecule has 0 saturated heterocycles. The molecule has 0 aromatic heterocycles. The molecule has 21 heavy (non-hydrogen) atoms. The van der Waals surface area contributed by atoms with Crippen LogP contribution in [0.4, 0.5) is 5.69 Å². The molecule has 5 heteroatoms. The van der Waals surface area contributed by atoms with E-state index < -0.39 is 5.97 Å². The minimum absolute atomic E-state index is 0.0866. The Morgan fingerprint density at radius 3 is 2.38 bits per heavy atom. The number of carboxylic acid groups (broad SMARTS) is 1. The molecule has 1 aliphatic rings. The summed E-state index contributed by atoms with van der Waals surface area (Å²) >= 11 is 0. The van der Waals surface area contributed by atoms with Crippen LogP contribution in [0.3, 0.4) is 0 Å². The number of para-hydroxylation sites is 1. The van der Waals surface area contributed by atoms with Gasteiger partial charge in [0.05, 0.1) is 13.1 Å². The number of carbonyl (C=O) groups is 2. The van der Waals surface area contributed by atoms with Crippen molar-refractivity contribution in [2.75, 3.05) is 25.0 Å². The molecule has 1 aliphatic carbocycles. The third kappa shape index (κ3) is 4.86. The van der Waals surface area contributed by atoms with Crippen molar-refractivity contribution >= 4 is 17.6 Å². The van der Waals surface area contributed by atoms with Crippen LogP contribution in [0.25, 0.3) is 0 Å². The lowest BCUT2D eigenvalue weighted by molar-refractivity contribution is -0.138. The number of hydrogen-bond donors (Lipinski definition) is 2. The second-order valence-corrected chi connectivity index (χ2v) is 5.82. The molecule has 0 bridgehead atoms. The van der Waals surface area contributed by atoms with Gasteiger partial charge >= 0.3 is 5.97 Å². The summed E-state index contributed by atoms with van der Waals surface area (Å²) < 4.78 is 0. The Kier molecular flexibility index (Phi) is 4.96. The summed E-state index contributed by atoms with van der Waals surface area (Å²) in [6.07, 6.45) is 2.27. The van der Waals surface area contributed by atoms with Crippen LogP contribution in [-0.4, -0.2) is 41.5 Å². The largest absolute Gasteiger partial charge is 0.480 e. The Morgan fingerprint density at radius 1 is 1.24 bits per heavy atom. The van der Waals surface area contributed by atoms with Crippen molar-refractivity contribution in [3.8, 4) is 0 Å². The normalized spacial score (nSPS) is 14.2. The van der Waals surface area contributed by atoms with Gasteiger partial charge in [-0.1, -0.05) is 18.2 Å². The molecular weight excluding hydrogens is 268 g/mol.